The number of likely N-dealkylation sites (tertiary alicyclic amines) is 1. The second-order valence-electron chi connectivity index (χ2n) is 7.07. The molecule has 0 aliphatic carbocycles. The third-order valence-corrected chi connectivity index (χ3v) is 5.17. The summed E-state index contributed by atoms with van der Waals surface area (Å²) in [7, 11) is 0. The third kappa shape index (κ3) is 3.59. The molecule has 6 nitrogen and oxygen atoms in total. The van der Waals surface area contributed by atoms with Crippen LogP contribution in [0.5, 0.6) is 0 Å². The molecule has 2 aliphatic heterocycles. The summed E-state index contributed by atoms with van der Waals surface area (Å²) in [6.45, 7) is 1.69. The molecule has 6 heteroatoms. The molecule has 2 aromatic rings. The van der Waals surface area contributed by atoms with E-state index in [1.54, 1.807) is 0 Å². The Hall–Kier alpha value is -3.25. The van der Waals surface area contributed by atoms with Crippen molar-refractivity contribution < 1.29 is 9.59 Å². The minimum Gasteiger partial charge on any atom is -0.339 e. The number of hydrogen-bond donors (Lipinski definition) is 2. The molecule has 28 heavy (non-hydrogen) atoms. The molecule has 0 radical (unpaired) electrons. The fourth-order valence-electron chi connectivity index (χ4n) is 3.64. The maximum Gasteiger partial charge on any atom is 0.253 e. The highest BCUT2D eigenvalue weighted by atomic mass is 16.2. The fourth-order valence-corrected chi connectivity index (χ4v) is 3.64. The largest absolute Gasteiger partial charge is 0.339 e. The summed E-state index contributed by atoms with van der Waals surface area (Å²) < 4.78 is 0. The van der Waals surface area contributed by atoms with Crippen molar-refractivity contribution in [3.8, 4) is 11.1 Å². The van der Waals surface area contributed by atoms with Crippen LogP contribution in [0.3, 0.4) is 0 Å². The van der Waals surface area contributed by atoms with Gasteiger partial charge in [0.15, 0.2) is 0 Å². The van der Waals surface area contributed by atoms with Crippen LogP contribution in [0.25, 0.3) is 17.2 Å². The smallest absolute Gasteiger partial charge is 0.253 e. The quantitative estimate of drug-likeness (QED) is 0.491. The van der Waals surface area contributed by atoms with Gasteiger partial charge in [-0.15, -0.1) is 0 Å². The Morgan fingerprint density at radius 2 is 1.79 bits per heavy atom. The van der Waals surface area contributed by atoms with Crippen molar-refractivity contribution in [3.05, 3.63) is 59.2 Å². The molecule has 2 aliphatic rings. The molecule has 0 spiro atoms. The normalized spacial score (nSPS) is 16.0. The van der Waals surface area contributed by atoms with Gasteiger partial charge in [-0.2, -0.15) is 0 Å². The molecule has 0 atom stereocenters. The van der Waals surface area contributed by atoms with Crippen LogP contribution < -0.4 is 11.3 Å². The van der Waals surface area contributed by atoms with E-state index in [-0.39, 0.29) is 5.91 Å². The molecule has 142 valence electrons. The van der Waals surface area contributed by atoms with Crippen LogP contribution >= 0.6 is 0 Å². The number of carbonyl (C=O) groups is 2. The maximum atomic E-state index is 12.5. The van der Waals surface area contributed by atoms with Gasteiger partial charge in [-0.05, 0) is 48.2 Å². The Labute approximate surface area is 163 Å². The number of carbonyl (C=O) groups excluding carboxylic acids is 2. The van der Waals surface area contributed by atoms with E-state index < -0.39 is 0 Å². The molecule has 2 aromatic carbocycles. The van der Waals surface area contributed by atoms with E-state index in [1.807, 2.05) is 53.4 Å². The van der Waals surface area contributed by atoms with Crippen LogP contribution in [-0.2, 0) is 4.79 Å². The lowest BCUT2D eigenvalue weighted by Crippen LogP contribution is -2.30. The molecule has 0 saturated carbocycles. The predicted octanol–water partition coefficient (Wildman–Crippen LogP) is 3.07. The molecule has 1 amide bonds. The highest BCUT2D eigenvalue weighted by Crippen LogP contribution is 2.31. The van der Waals surface area contributed by atoms with E-state index in [0.29, 0.717) is 23.4 Å². The van der Waals surface area contributed by atoms with E-state index in [2.05, 4.69) is 10.4 Å². The third-order valence-electron chi connectivity index (χ3n) is 5.17. The lowest BCUT2D eigenvalue weighted by Gasteiger charge is -2.15. The second kappa shape index (κ2) is 7.78. The summed E-state index contributed by atoms with van der Waals surface area (Å²) >= 11 is 0. The Morgan fingerprint density at radius 1 is 1.07 bits per heavy atom. The van der Waals surface area contributed by atoms with Crippen molar-refractivity contribution in [2.75, 3.05) is 13.1 Å². The monoisotopic (exact) mass is 374 g/mol. The van der Waals surface area contributed by atoms with Crippen molar-refractivity contribution in [3.63, 3.8) is 0 Å². The number of nitrogens with zero attached hydrogens (tertiary/aromatic N) is 2. The van der Waals surface area contributed by atoms with E-state index in [1.165, 1.54) is 0 Å². The minimum absolute atomic E-state index is 0.0979. The van der Waals surface area contributed by atoms with E-state index in [9.17, 15) is 9.59 Å². The van der Waals surface area contributed by atoms with Gasteiger partial charge in [0.1, 0.15) is 12.1 Å². The minimum atomic E-state index is 0.0979. The van der Waals surface area contributed by atoms with Gasteiger partial charge in [-0.25, -0.2) is 10.8 Å². The van der Waals surface area contributed by atoms with Gasteiger partial charge in [0, 0.05) is 36.2 Å². The van der Waals surface area contributed by atoms with E-state index >= 15 is 0 Å². The molecular weight excluding hydrogens is 352 g/mol. The molecule has 0 aromatic heterocycles. The van der Waals surface area contributed by atoms with Crippen molar-refractivity contribution in [2.24, 2.45) is 10.8 Å². The van der Waals surface area contributed by atoms with Gasteiger partial charge in [-0.3, -0.25) is 9.59 Å². The molecule has 4 rings (SSSR count). The van der Waals surface area contributed by atoms with E-state index in [4.69, 9.17) is 5.84 Å². The Morgan fingerprint density at radius 3 is 2.46 bits per heavy atom. The van der Waals surface area contributed by atoms with Gasteiger partial charge >= 0.3 is 0 Å². The Kier molecular flexibility index (Phi) is 5.04. The zero-order valence-electron chi connectivity index (χ0n) is 15.5. The van der Waals surface area contributed by atoms with Crippen LogP contribution in [0.1, 0.15) is 35.2 Å². The topological polar surface area (TPSA) is 87.8 Å². The molecule has 1 fully saturated rings. The van der Waals surface area contributed by atoms with Crippen LogP contribution in [-0.4, -0.2) is 36.0 Å². The van der Waals surface area contributed by atoms with Crippen LogP contribution in [0.2, 0.25) is 0 Å². The highest BCUT2D eigenvalue weighted by molar-refractivity contribution is 5.99. The number of hydrazine groups is 1. The Bertz CT molecular complexity index is 971. The summed E-state index contributed by atoms with van der Waals surface area (Å²) in [6.07, 6.45) is 5.19. The first-order chi connectivity index (χ1) is 13.7. The molecule has 2 heterocycles. The number of nitrogens with one attached hydrogen (secondary N) is 1. The number of aldehydes is 1. The van der Waals surface area contributed by atoms with Crippen molar-refractivity contribution in [1.82, 2.24) is 10.3 Å². The zero-order chi connectivity index (χ0) is 19.5. The van der Waals surface area contributed by atoms with Crippen LogP contribution in [0.15, 0.2) is 53.0 Å². The second-order valence-corrected chi connectivity index (χ2v) is 7.07. The van der Waals surface area contributed by atoms with Crippen molar-refractivity contribution in [1.29, 1.82) is 0 Å². The first-order valence-corrected chi connectivity index (χ1v) is 9.41. The number of aliphatic imine (C=N–C) groups is 1. The molecule has 1 saturated heterocycles. The standard InChI is InChI=1S/C22H22N4O2/c23-25-21-12-15(14-27)11-19-8-7-18(13-20(19)24-21)16-3-5-17(6-4-16)22(28)26-9-1-2-10-26/h3-8,11,13-14H,1-2,9-10,12,23H2,(H,24,25). The number of benzene rings is 2. The average Bonchev–Trinajstić information content (AvgIpc) is 3.21. The summed E-state index contributed by atoms with van der Waals surface area (Å²) in [5.41, 5.74) is 7.51. The zero-order valence-corrected chi connectivity index (χ0v) is 15.5. The highest BCUT2D eigenvalue weighted by Gasteiger charge is 2.19. The molecular formula is C22H22N4O2. The van der Waals surface area contributed by atoms with Crippen LogP contribution in [0, 0.1) is 0 Å². The predicted molar refractivity (Wildman–Crippen MR) is 110 cm³/mol. The lowest BCUT2D eigenvalue weighted by molar-refractivity contribution is -0.104. The fraction of sp³-hybridized carbons (Fsp3) is 0.227. The molecule has 0 unspecified atom stereocenters. The van der Waals surface area contributed by atoms with Gasteiger partial charge in [0.05, 0.1) is 5.69 Å². The number of nitrogens with two attached hydrogens (primary N) is 1. The summed E-state index contributed by atoms with van der Waals surface area (Å²) in [6, 6.07) is 13.6. The number of amidine groups is 1. The first kappa shape index (κ1) is 18.1. The van der Waals surface area contributed by atoms with Gasteiger partial charge < -0.3 is 10.3 Å². The van der Waals surface area contributed by atoms with Gasteiger partial charge in [0.2, 0.25) is 0 Å². The van der Waals surface area contributed by atoms with Crippen LogP contribution in [0.4, 0.5) is 5.69 Å². The van der Waals surface area contributed by atoms with Crippen molar-refractivity contribution >= 4 is 29.8 Å². The number of amides is 1. The summed E-state index contributed by atoms with van der Waals surface area (Å²) in [5.74, 6) is 6.17. The lowest BCUT2D eigenvalue weighted by atomic mass is 10.00. The van der Waals surface area contributed by atoms with Gasteiger partial charge in [0.25, 0.3) is 5.91 Å². The maximum absolute atomic E-state index is 12.5. The van der Waals surface area contributed by atoms with Gasteiger partial charge in [-0.1, -0.05) is 24.3 Å². The number of fused-ring (bicyclic) bond motifs is 1. The molecule has 3 N–H and O–H groups in total. The van der Waals surface area contributed by atoms with Crippen molar-refractivity contribution in [2.45, 2.75) is 19.3 Å². The number of hydrogen-bond acceptors (Lipinski definition) is 5. The van der Waals surface area contributed by atoms with E-state index in [0.717, 1.165) is 54.6 Å². The summed E-state index contributed by atoms with van der Waals surface area (Å²) in [5, 5.41) is 0. The average molecular weight is 374 g/mol. The Balaban J connectivity index is 1.63. The number of rotatable bonds is 3. The molecule has 0 bridgehead atoms. The summed E-state index contributed by atoms with van der Waals surface area (Å²) in [4.78, 5) is 30.2. The SMILES string of the molecule is NNC1=Nc2cc(-c3ccc(C(=O)N4CCCC4)cc3)ccc2C=C(C=O)C1. The first-order valence-electron chi connectivity index (χ1n) is 9.41.